The lowest BCUT2D eigenvalue weighted by Gasteiger charge is -2.05. The highest BCUT2D eigenvalue weighted by molar-refractivity contribution is 7.90. The third-order valence-electron chi connectivity index (χ3n) is 1.74. The molecule has 1 rings (SSSR count). The number of nitrogens with two attached hydrogens (primary N) is 1. The van der Waals surface area contributed by atoms with Crippen molar-refractivity contribution in [2.24, 2.45) is 5.73 Å². The van der Waals surface area contributed by atoms with Crippen LogP contribution in [0.15, 0.2) is 29.2 Å². The van der Waals surface area contributed by atoms with Crippen molar-refractivity contribution in [2.45, 2.75) is 11.3 Å². The van der Waals surface area contributed by atoms with Crippen molar-refractivity contribution in [1.82, 2.24) is 0 Å². The molecule has 2 N–H and O–H groups in total. The smallest absolute Gasteiger partial charge is 0.175 e. The maximum Gasteiger partial charge on any atom is 0.175 e. The van der Waals surface area contributed by atoms with Crippen molar-refractivity contribution in [3.05, 3.63) is 29.8 Å². The van der Waals surface area contributed by atoms with Gasteiger partial charge in [-0.05, 0) is 11.6 Å². The van der Waals surface area contributed by atoms with E-state index < -0.39 is 9.84 Å². The Hall–Kier alpha value is -0.940. The highest BCUT2D eigenvalue weighted by Gasteiger charge is 2.12. The number of sulfone groups is 1. The average Bonchev–Trinajstić information content (AvgIpc) is 2.01. The van der Waals surface area contributed by atoms with E-state index in [-0.39, 0.29) is 0 Å². The third kappa shape index (κ3) is 2.78. The van der Waals surface area contributed by atoms with Gasteiger partial charge in [0.2, 0.25) is 0 Å². The van der Waals surface area contributed by atoms with E-state index in [4.69, 9.17) is 18.0 Å². The molecule has 0 fully saturated rings. The third-order valence-corrected chi connectivity index (χ3v) is 3.08. The molecule has 76 valence electrons. The van der Waals surface area contributed by atoms with E-state index in [9.17, 15) is 8.42 Å². The lowest BCUT2D eigenvalue weighted by Crippen LogP contribution is -2.13. The maximum absolute atomic E-state index is 11.4. The largest absolute Gasteiger partial charge is 0.393 e. The van der Waals surface area contributed by atoms with Crippen LogP contribution in [0.4, 0.5) is 0 Å². The van der Waals surface area contributed by atoms with Gasteiger partial charge in [0.15, 0.2) is 9.84 Å². The van der Waals surface area contributed by atoms with Crippen molar-refractivity contribution < 1.29 is 8.42 Å². The lowest BCUT2D eigenvalue weighted by atomic mass is 10.1. The van der Waals surface area contributed by atoms with Crippen LogP contribution >= 0.6 is 12.2 Å². The van der Waals surface area contributed by atoms with Crippen molar-refractivity contribution in [2.75, 3.05) is 6.26 Å². The molecule has 1 aromatic rings. The van der Waals surface area contributed by atoms with Gasteiger partial charge in [-0.15, -0.1) is 0 Å². The molecular formula is C9H11NO2S2. The van der Waals surface area contributed by atoms with Crippen LogP contribution in [-0.4, -0.2) is 19.7 Å². The normalized spacial score (nSPS) is 11.2. The number of rotatable bonds is 3. The molecule has 0 amide bonds. The average molecular weight is 229 g/mol. The minimum absolute atomic E-state index is 0.293. The zero-order chi connectivity index (χ0) is 10.8. The van der Waals surface area contributed by atoms with E-state index in [2.05, 4.69) is 0 Å². The molecule has 3 nitrogen and oxygen atoms in total. The van der Waals surface area contributed by atoms with Gasteiger partial charge in [-0.25, -0.2) is 8.42 Å². The molecule has 0 heterocycles. The van der Waals surface area contributed by atoms with Gasteiger partial charge in [0.25, 0.3) is 0 Å². The fourth-order valence-electron chi connectivity index (χ4n) is 1.20. The summed E-state index contributed by atoms with van der Waals surface area (Å²) in [4.78, 5) is 0.592. The molecule has 0 atom stereocenters. The van der Waals surface area contributed by atoms with Gasteiger partial charge in [-0.2, -0.15) is 0 Å². The van der Waals surface area contributed by atoms with Crippen molar-refractivity contribution in [3.8, 4) is 0 Å². The molecule has 0 spiro atoms. The first-order valence-electron chi connectivity index (χ1n) is 3.97. The van der Waals surface area contributed by atoms with Crippen LogP contribution in [0.3, 0.4) is 0 Å². The standard InChI is InChI=1S/C9H11NO2S2/c1-14(11,12)8-5-3-2-4-7(8)6-9(10)13/h2-5H,6H2,1H3,(H2,10,13). The van der Waals surface area contributed by atoms with Crippen LogP contribution in [0.5, 0.6) is 0 Å². The Labute approximate surface area is 88.9 Å². The van der Waals surface area contributed by atoms with E-state index in [0.29, 0.717) is 21.9 Å². The quantitative estimate of drug-likeness (QED) is 0.783. The molecule has 0 radical (unpaired) electrons. The Balaban J connectivity index is 3.23. The van der Waals surface area contributed by atoms with Gasteiger partial charge in [0, 0.05) is 12.7 Å². The summed E-state index contributed by atoms with van der Waals surface area (Å²) in [6.45, 7) is 0. The Morgan fingerprint density at radius 3 is 2.50 bits per heavy atom. The highest BCUT2D eigenvalue weighted by atomic mass is 32.2. The predicted molar refractivity (Wildman–Crippen MR) is 60.0 cm³/mol. The highest BCUT2D eigenvalue weighted by Crippen LogP contribution is 2.15. The van der Waals surface area contributed by atoms with Crippen LogP contribution < -0.4 is 5.73 Å². The summed E-state index contributed by atoms with van der Waals surface area (Å²) < 4.78 is 22.7. The van der Waals surface area contributed by atoms with Crippen LogP contribution in [0, 0.1) is 0 Å². The second-order valence-electron chi connectivity index (χ2n) is 3.02. The first-order chi connectivity index (χ1) is 6.41. The van der Waals surface area contributed by atoms with Gasteiger partial charge in [-0.1, -0.05) is 30.4 Å². The molecular weight excluding hydrogens is 218 g/mol. The van der Waals surface area contributed by atoms with E-state index in [0.717, 1.165) is 0 Å². The first kappa shape index (κ1) is 11.1. The van der Waals surface area contributed by atoms with Gasteiger partial charge < -0.3 is 5.73 Å². The second-order valence-corrected chi connectivity index (χ2v) is 5.53. The maximum atomic E-state index is 11.4. The SMILES string of the molecule is CS(=O)(=O)c1ccccc1CC(N)=S. The fourth-order valence-corrected chi connectivity index (χ4v) is 2.30. The summed E-state index contributed by atoms with van der Waals surface area (Å²) in [7, 11) is -3.19. The predicted octanol–water partition coefficient (Wildman–Crippen LogP) is 0.919. The molecule has 1 aromatic carbocycles. The van der Waals surface area contributed by atoms with E-state index >= 15 is 0 Å². The minimum Gasteiger partial charge on any atom is -0.393 e. The van der Waals surface area contributed by atoms with Crippen LogP contribution in [0.2, 0.25) is 0 Å². The van der Waals surface area contributed by atoms with Crippen molar-refractivity contribution >= 4 is 27.0 Å². The van der Waals surface area contributed by atoms with Crippen molar-refractivity contribution in [1.29, 1.82) is 0 Å². The van der Waals surface area contributed by atoms with Crippen LogP contribution in [0.1, 0.15) is 5.56 Å². The summed E-state index contributed by atoms with van der Waals surface area (Å²) in [5.74, 6) is 0. The summed E-state index contributed by atoms with van der Waals surface area (Å²) in [6.07, 6.45) is 1.49. The summed E-state index contributed by atoms with van der Waals surface area (Å²) in [5.41, 5.74) is 6.03. The monoisotopic (exact) mass is 229 g/mol. The van der Waals surface area contributed by atoms with E-state index in [1.54, 1.807) is 24.3 Å². The molecule has 0 aromatic heterocycles. The van der Waals surface area contributed by atoms with Gasteiger partial charge in [0.05, 0.1) is 9.88 Å². The van der Waals surface area contributed by atoms with Crippen molar-refractivity contribution in [3.63, 3.8) is 0 Å². The fraction of sp³-hybridized carbons (Fsp3) is 0.222. The van der Waals surface area contributed by atoms with Gasteiger partial charge in [0.1, 0.15) is 0 Å². The topological polar surface area (TPSA) is 60.2 Å². The number of hydrogen-bond acceptors (Lipinski definition) is 3. The zero-order valence-corrected chi connectivity index (χ0v) is 9.36. The number of thiocarbonyl (C=S) groups is 1. The number of benzene rings is 1. The van der Waals surface area contributed by atoms with Gasteiger partial charge >= 0.3 is 0 Å². The zero-order valence-electron chi connectivity index (χ0n) is 7.73. The Morgan fingerprint density at radius 2 is 2.00 bits per heavy atom. The summed E-state index contributed by atoms with van der Waals surface area (Å²) in [6, 6.07) is 6.72. The second kappa shape index (κ2) is 4.06. The molecule has 0 unspecified atom stereocenters. The molecule has 0 saturated heterocycles. The lowest BCUT2D eigenvalue weighted by molar-refractivity contribution is 0.601. The Kier molecular flexibility index (Phi) is 3.23. The first-order valence-corrected chi connectivity index (χ1v) is 6.27. The molecule has 0 saturated carbocycles. The molecule has 5 heteroatoms. The van der Waals surface area contributed by atoms with Crippen LogP contribution in [0.25, 0.3) is 0 Å². The molecule has 14 heavy (non-hydrogen) atoms. The summed E-state index contributed by atoms with van der Waals surface area (Å²) >= 11 is 4.74. The summed E-state index contributed by atoms with van der Waals surface area (Å²) in [5, 5.41) is 0. The minimum atomic E-state index is -3.19. The Bertz CT molecular complexity index is 452. The molecule has 0 aliphatic carbocycles. The Morgan fingerprint density at radius 1 is 1.43 bits per heavy atom. The molecule has 0 bridgehead atoms. The van der Waals surface area contributed by atoms with E-state index in [1.165, 1.54) is 6.26 Å². The van der Waals surface area contributed by atoms with Crippen LogP contribution in [-0.2, 0) is 16.3 Å². The number of hydrogen-bond donors (Lipinski definition) is 1. The van der Waals surface area contributed by atoms with Gasteiger partial charge in [-0.3, -0.25) is 0 Å². The molecule has 0 aliphatic heterocycles. The molecule has 0 aliphatic rings. The van der Waals surface area contributed by atoms with E-state index in [1.807, 2.05) is 0 Å².